The SMILES string of the molecule is Nc1ccc(C(=O)NS(=O)(=O)OC[C@H]2O[C@@H](n3cnc4c(N)ncnc43)C(O)C2O)c(O)c1. The van der Waals surface area contributed by atoms with E-state index in [9.17, 15) is 28.5 Å². The van der Waals surface area contributed by atoms with Crippen LogP contribution in [-0.2, 0) is 19.2 Å². The molecule has 2 unspecified atom stereocenters. The predicted molar refractivity (Wildman–Crippen MR) is 111 cm³/mol. The van der Waals surface area contributed by atoms with Crippen molar-refractivity contribution in [3.05, 3.63) is 36.4 Å². The fourth-order valence-corrected chi connectivity index (χ4v) is 3.96. The minimum atomic E-state index is -4.67. The molecule has 8 N–H and O–H groups in total. The molecule has 0 bridgehead atoms. The van der Waals surface area contributed by atoms with Crippen molar-refractivity contribution in [2.45, 2.75) is 24.5 Å². The van der Waals surface area contributed by atoms with E-state index >= 15 is 0 Å². The van der Waals surface area contributed by atoms with Gasteiger partial charge in [-0.05, 0) is 12.1 Å². The molecule has 0 aliphatic carbocycles. The maximum absolute atomic E-state index is 12.2. The topological polar surface area (TPSA) is 238 Å². The number of aromatic hydroxyl groups is 1. The van der Waals surface area contributed by atoms with E-state index in [2.05, 4.69) is 15.0 Å². The average molecular weight is 481 g/mol. The van der Waals surface area contributed by atoms with Crippen LogP contribution in [0.2, 0.25) is 0 Å². The summed E-state index contributed by atoms with van der Waals surface area (Å²) in [6.07, 6.45) is -3.05. The number of nitrogen functional groups attached to an aromatic ring is 2. The Morgan fingerprint density at radius 3 is 2.70 bits per heavy atom. The maximum Gasteiger partial charge on any atom is 0.362 e. The van der Waals surface area contributed by atoms with Gasteiger partial charge >= 0.3 is 10.3 Å². The van der Waals surface area contributed by atoms with Gasteiger partial charge in [-0.25, -0.2) is 19.7 Å². The summed E-state index contributed by atoms with van der Waals surface area (Å²) in [6.45, 7) is -0.741. The molecule has 1 aromatic carbocycles. The number of imidazole rings is 1. The maximum atomic E-state index is 12.2. The number of amides is 1. The quantitative estimate of drug-likeness (QED) is 0.209. The third kappa shape index (κ3) is 4.37. The third-order valence-electron chi connectivity index (χ3n) is 4.87. The molecule has 1 fully saturated rings. The molecule has 4 atom stereocenters. The average Bonchev–Trinajstić information content (AvgIpc) is 3.29. The number of carbonyl (C=O) groups is 1. The van der Waals surface area contributed by atoms with Crippen LogP contribution >= 0.6 is 0 Å². The van der Waals surface area contributed by atoms with Gasteiger partial charge in [-0.3, -0.25) is 13.5 Å². The molecule has 33 heavy (non-hydrogen) atoms. The molecule has 2 aromatic heterocycles. The van der Waals surface area contributed by atoms with Gasteiger partial charge in [0.05, 0.1) is 18.5 Å². The van der Waals surface area contributed by atoms with E-state index in [-0.39, 0.29) is 28.2 Å². The number of anilines is 2. The van der Waals surface area contributed by atoms with Crippen molar-refractivity contribution in [1.82, 2.24) is 24.2 Å². The van der Waals surface area contributed by atoms with E-state index in [1.807, 2.05) is 0 Å². The highest BCUT2D eigenvalue weighted by Crippen LogP contribution is 2.32. The first-order chi connectivity index (χ1) is 15.6. The first-order valence-electron chi connectivity index (χ1n) is 9.32. The molecule has 0 radical (unpaired) electrons. The number of fused-ring (bicyclic) bond motifs is 1. The third-order valence-corrected chi connectivity index (χ3v) is 5.75. The molecule has 0 spiro atoms. The van der Waals surface area contributed by atoms with Gasteiger partial charge in [0.2, 0.25) is 0 Å². The molecule has 16 heteroatoms. The second-order valence-corrected chi connectivity index (χ2v) is 8.42. The predicted octanol–water partition coefficient (Wildman–Crippen LogP) is -1.99. The lowest BCUT2D eigenvalue weighted by Gasteiger charge is -2.16. The summed E-state index contributed by atoms with van der Waals surface area (Å²) in [6, 6.07) is 3.50. The molecular formula is C17H19N7O8S. The zero-order chi connectivity index (χ0) is 23.9. The Bertz CT molecular complexity index is 1310. The van der Waals surface area contributed by atoms with Gasteiger partial charge in [-0.15, -0.1) is 0 Å². The number of phenolic OH excluding ortho intramolecular Hbond substituents is 1. The number of nitrogens with two attached hydrogens (primary N) is 2. The van der Waals surface area contributed by atoms with Crippen molar-refractivity contribution in [3.63, 3.8) is 0 Å². The Morgan fingerprint density at radius 1 is 1.21 bits per heavy atom. The number of aromatic nitrogens is 4. The molecular weight excluding hydrogens is 462 g/mol. The summed E-state index contributed by atoms with van der Waals surface area (Å²) in [5.41, 5.74) is 11.5. The molecule has 1 aliphatic rings. The minimum absolute atomic E-state index is 0.0978. The largest absolute Gasteiger partial charge is 0.507 e. The van der Waals surface area contributed by atoms with Crippen LogP contribution in [-0.4, -0.2) is 74.1 Å². The Balaban J connectivity index is 1.43. The second kappa shape index (κ2) is 8.41. The van der Waals surface area contributed by atoms with Crippen LogP contribution in [0.5, 0.6) is 5.75 Å². The van der Waals surface area contributed by atoms with Crippen molar-refractivity contribution in [3.8, 4) is 5.75 Å². The van der Waals surface area contributed by atoms with E-state index < -0.39 is 53.1 Å². The number of phenols is 1. The number of nitrogens with one attached hydrogen (secondary N) is 1. The summed E-state index contributed by atoms with van der Waals surface area (Å²) in [4.78, 5) is 24.0. The van der Waals surface area contributed by atoms with Crippen molar-refractivity contribution >= 4 is 38.9 Å². The van der Waals surface area contributed by atoms with Gasteiger partial charge in [-0.2, -0.15) is 8.42 Å². The number of rotatable bonds is 6. The van der Waals surface area contributed by atoms with E-state index in [4.69, 9.17) is 20.4 Å². The minimum Gasteiger partial charge on any atom is -0.507 e. The second-order valence-electron chi connectivity index (χ2n) is 7.08. The monoisotopic (exact) mass is 481 g/mol. The summed E-state index contributed by atoms with van der Waals surface area (Å²) in [5, 5.41) is 30.4. The van der Waals surface area contributed by atoms with E-state index in [0.717, 1.165) is 12.1 Å². The van der Waals surface area contributed by atoms with Crippen LogP contribution < -0.4 is 16.2 Å². The number of aliphatic hydroxyl groups is 2. The zero-order valence-electron chi connectivity index (χ0n) is 16.6. The molecule has 1 saturated heterocycles. The number of ether oxygens (including phenoxy) is 1. The van der Waals surface area contributed by atoms with Gasteiger partial charge in [0.25, 0.3) is 5.91 Å². The van der Waals surface area contributed by atoms with E-state index in [1.165, 1.54) is 23.3 Å². The van der Waals surface area contributed by atoms with E-state index in [1.54, 1.807) is 4.72 Å². The number of hydrogen-bond donors (Lipinski definition) is 6. The summed E-state index contributed by atoms with van der Waals surface area (Å²) in [5.74, 6) is -1.60. The van der Waals surface area contributed by atoms with Crippen LogP contribution in [0.4, 0.5) is 11.5 Å². The standard InChI is InChI=1S/C17H19N7O8S/c18-7-1-2-8(9(25)3-7)16(28)23-33(29,30)31-4-10-12(26)13(27)17(32-10)24-6-22-11-14(19)20-5-21-15(11)24/h1-3,5-6,10,12-13,17,25-27H,4,18H2,(H,23,28)(H2,19,20,21)/t10-,12?,13?,17-/m1/s1. The molecule has 3 aromatic rings. The molecule has 0 saturated carbocycles. The first-order valence-corrected chi connectivity index (χ1v) is 10.7. The molecule has 15 nitrogen and oxygen atoms in total. The number of benzene rings is 1. The first kappa shape index (κ1) is 22.6. The highest BCUT2D eigenvalue weighted by atomic mass is 32.2. The number of nitrogens with zero attached hydrogens (tertiary/aromatic N) is 4. The van der Waals surface area contributed by atoms with Crippen LogP contribution in [0, 0.1) is 0 Å². The molecule has 4 rings (SSSR count). The Morgan fingerprint density at radius 2 is 1.97 bits per heavy atom. The normalized spacial score (nSPS) is 23.1. The highest BCUT2D eigenvalue weighted by Gasteiger charge is 2.45. The number of hydrogen-bond acceptors (Lipinski definition) is 13. The number of aliphatic hydroxyl groups excluding tert-OH is 2. The lowest BCUT2D eigenvalue weighted by Crippen LogP contribution is -2.37. The fraction of sp³-hybridized carbons (Fsp3) is 0.294. The molecule has 1 amide bonds. The lowest BCUT2D eigenvalue weighted by molar-refractivity contribution is -0.0468. The van der Waals surface area contributed by atoms with Gasteiger partial charge in [0.15, 0.2) is 17.7 Å². The highest BCUT2D eigenvalue weighted by molar-refractivity contribution is 7.85. The Kier molecular flexibility index (Phi) is 5.76. The van der Waals surface area contributed by atoms with Crippen molar-refractivity contribution in [2.75, 3.05) is 18.1 Å². The molecule has 1 aliphatic heterocycles. The summed E-state index contributed by atoms with van der Waals surface area (Å²) >= 11 is 0. The van der Waals surface area contributed by atoms with Crippen LogP contribution in [0.3, 0.4) is 0 Å². The smallest absolute Gasteiger partial charge is 0.362 e. The van der Waals surface area contributed by atoms with Crippen molar-refractivity contribution in [1.29, 1.82) is 0 Å². The van der Waals surface area contributed by atoms with Crippen LogP contribution in [0.1, 0.15) is 16.6 Å². The van der Waals surface area contributed by atoms with Gasteiger partial charge in [-0.1, -0.05) is 0 Å². The molecule has 176 valence electrons. The van der Waals surface area contributed by atoms with Gasteiger partial charge in [0.1, 0.15) is 35.9 Å². The molecule has 3 heterocycles. The van der Waals surface area contributed by atoms with E-state index in [0.29, 0.717) is 0 Å². The fourth-order valence-electron chi connectivity index (χ4n) is 3.25. The number of carbonyl (C=O) groups excluding carboxylic acids is 1. The van der Waals surface area contributed by atoms with Crippen molar-refractivity contribution < 1.29 is 37.5 Å². The van der Waals surface area contributed by atoms with Crippen LogP contribution in [0.15, 0.2) is 30.9 Å². The summed E-state index contributed by atoms with van der Waals surface area (Å²) < 4.78 is 37.5. The van der Waals surface area contributed by atoms with Gasteiger partial charge < -0.3 is 31.5 Å². The zero-order valence-corrected chi connectivity index (χ0v) is 17.5. The van der Waals surface area contributed by atoms with Crippen molar-refractivity contribution in [2.24, 2.45) is 0 Å². The van der Waals surface area contributed by atoms with Crippen LogP contribution in [0.25, 0.3) is 11.2 Å². The Labute approximate surface area is 185 Å². The van der Waals surface area contributed by atoms with Gasteiger partial charge in [0, 0.05) is 11.8 Å². The summed E-state index contributed by atoms with van der Waals surface area (Å²) in [7, 11) is -4.67. The Hall–Kier alpha value is -3.57. The lowest BCUT2D eigenvalue weighted by atomic mass is 10.1.